The molecule has 1 aromatic carbocycles. The lowest BCUT2D eigenvalue weighted by Gasteiger charge is -2.02. The van der Waals surface area contributed by atoms with Crippen molar-refractivity contribution in [1.29, 1.82) is 0 Å². The minimum Gasteiger partial charge on any atom is -0.508 e. The normalized spacial score (nSPS) is 17.8. The third-order valence-electron chi connectivity index (χ3n) is 2.51. The van der Waals surface area contributed by atoms with Gasteiger partial charge in [-0.25, -0.2) is 6.57 Å². The maximum absolute atomic E-state index is 9.23. The first-order valence-electron chi connectivity index (χ1n) is 4.41. The average molecular weight is 173 g/mol. The topological polar surface area (TPSA) is 24.6 Å². The number of phenols is 1. The molecule has 1 aliphatic rings. The number of nitrogens with zero attached hydrogens (tertiary/aromatic N) is 1. The molecule has 0 atom stereocenters. The van der Waals surface area contributed by atoms with Gasteiger partial charge in [0.2, 0.25) is 5.54 Å². The fourth-order valence-corrected chi connectivity index (χ4v) is 1.52. The molecule has 1 fully saturated rings. The van der Waals surface area contributed by atoms with Crippen LogP contribution in [0, 0.1) is 6.57 Å². The lowest BCUT2D eigenvalue weighted by Crippen LogP contribution is -2.05. The van der Waals surface area contributed by atoms with Gasteiger partial charge in [0.25, 0.3) is 0 Å². The first-order chi connectivity index (χ1) is 6.24. The Kier molecular flexibility index (Phi) is 1.73. The standard InChI is InChI=1S/C11H11NO/c1-12-11(5-6-11)8-9-3-2-4-10(13)7-9/h2-4,7,13H,5-6,8H2. The maximum Gasteiger partial charge on any atom is 0.237 e. The van der Waals surface area contributed by atoms with Crippen molar-refractivity contribution in [3.8, 4) is 5.75 Å². The lowest BCUT2D eigenvalue weighted by atomic mass is 10.0. The number of phenolic OH excluding ortho intramolecular Hbond substituents is 1. The van der Waals surface area contributed by atoms with Gasteiger partial charge in [-0.1, -0.05) is 12.1 Å². The molecule has 2 rings (SSSR count). The zero-order valence-electron chi connectivity index (χ0n) is 7.33. The second-order valence-electron chi connectivity index (χ2n) is 3.68. The molecule has 1 aliphatic carbocycles. The lowest BCUT2D eigenvalue weighted by molar-refractivity contribution is 0.474. The Labute approximate surface area is 77.6 Å². The first-order valence-corrected chi connectivity index (χ1v) is 4.41. The van der Waals surface area contributed by atoms with E-state index in [1.165, 1.54) is 0 Å². The summed E-state index contributed by atoms with van der Waals surface area (Å²) in [4.78, 5) is 3.62. The summed E-state index contributed by atoms with van der Waals surface area (Å²) in [5.41, 5.74) is 0.932. The zero-order valence-corrected chi connectivity index (χ0v) is 7.33. The van der Waals surface area contributed by atoms with Gasteiger partial charge in [0.1, 0.15) is 5.75 Å². The van der Waals surface area contributed by atoms with Crippen molar-refractivity contribution in [2.45, 2.75) is 24.8 Å². The Morgan fingerprint density at radius 1 is 1.46 bits per heavy atom. The molecule has 0 aromatic heterocycles. The number of aromatic hydroxyl groups is 1. The molecule has 0 radical (unpaired) electrons. The van der Waals surface area contributed by atoms with Crippen molar-refractivity contribution in [2.24, 2.45) is 0 Å². The summed E-state index contributed by atoms with van der Waals surface area (Å²) in [6.07, 6.45) is 2.79. The van der Waals surface area contributed by atoms with E-state index in [0.29, 0.717) is 5.75 Å². The molecule has 2 heteroatoms. The average Bonchev–Trinajstić information content (AvgIpc) is 2.86. The van der Waals surface area contributed by atoms with Gasteiger partial charge >= 0.3 is 0 Å². The summed E-state index contributed by atoms with van der Waals surface area (Å²) >= 11 is 0. The molecule has 0 heterocycles. The van der Waals surface area contributed by atoms with Gasteiger partial charge in [-0.15, -0.1) is 0 Å². The van der Waals surface area contributed by atoms with Crippen LogP contribution in [0.4, 0.5) is 0 Å². The highest BCUT2D eigenvalue weighted by Crippen LogP contribution is 2.42. The van der Waals surface area contributed by atoms with Crippen LogP contribution in [0.15, 0.2) is 24.3 Å². The molecule has 0 aliphatic heterocycles. The number of benzene rings is 1. The molecule has 0 spiro atoms. The highest BCUT2D eigenvalue weighted by molar-refractivity contribution is 5.31. The minimum atomic E-state index is -0.131. The van der Waals surface area contributed by atoms with Gasteiger partial charge in [0, 0.05) is 12.8 Å². The van der Waals surface area contributed by atoms with E-state index in [1.54, 1.807) is 12.1 Å². The predicted molar refractivity (Wildman–Crippen MR) is 50.4 cm³/mol. The van der Waals surface area contributed by atoms with Gasteiger partial charge in [-0.3, -0.25) is 0 Å². The Morgan fingerprint density at radius 2 is 2.23 bits per heavy atom. The van der Waals surface area contributed by atoms with Crippen molar-refractivity contribution < 1.29 is 5.11 Å². The van der Waals surface area contributed by atoms with Crippen LogP contribution >= 0.6 is 0 Å². The van der Waals surface area contributed by atoms with Gasteiger partial charge in [0.15, 0.2) is 0 Å². The van der Waals surface area contributed by atoms with Crippen molar-refractivity contribution >= 4 is 0 Å². The van der Waals surface area contributed by atoms with Gasteiger partial charge in [-0.2, -0.15) is 0 Å². The highest BCUT2D eigenvalue weighted by Gasteiger charge is 2.50. The molecule has 1 aromatic rings. The van der Waals surface area contributed by atoms with Crippen molar-refractivity contribution in [3.05, 3.63) is 41.2 Å². The third-order valence-corrected chi connectivity index (χ3v) is 2.51. The van der Waals surface area contributed by atoms with Gasteiger partial charge in [-0.05, 0) is 17.7 Å². The van der Waals surface area contributed by atoms with Crippen molar-refractivity contribution in [3.63, 3.8) is 0 Å². The molecule has 0 unspecified atom stereocenters. The van der Waals surface area contributed by atoms with Crippen LogP contribution in [0.2, 0.25) is 0 Å². The zero-order chi connectivity index (χ0) is 9.31. The quantitative estimate of drug-likeness (QED) is 0.682. The summed E-state index contributed by atoms with van der Waals surface area (Å²) in [7, 11) is 0. The smallest absolute Gasteiger partial charge is 0.237 e. The van der Waals surface area contributed by atoms with E-state index in [9.17, 15) is 5.11 Å². The molecule has 0 amide bonds. The Bertz CT molecular complexity index is 361. The third kappa shape index (κ3) is 1.65. The molecule has 2 nitrogen and oxygen atoms in total. The summed E-state index contributed by atoms with van der Waals surface area (Å²) in [5, 5.41) is 9.23. The van der Waals surface area contributed by atoms with Crippen LogP contribution in [0.5, 0.6) is 5.75 Å². The molecule has 1 N–H and O–H groups in total. The van der Waals surface area contributed by atoms with E-state index in [0.717, 1.165) is 24.8 Å². The van der Waals surface area contributed by atoms with E-state index in [1.807, 2.05) is 12.1 Å². The molecule has 1 saturated carbocycles. The van der Waals surface area contributed by atoms with E-state index in [-0.39, 0.29) is 5.54 Å². The van der Waals surface area contributed by atoms with Crippen molar-refractivity contribution in [1.82, 2.24) is 0 Å². The highest BCUT2D eigenvalue weighted by atomic mass is 16.3. The fourth-order valence-electron chi connectivity index (χ4n) is 1.52. The van der Waals surface area contributed by atoms with E-state index in [2.05, 4.69) is 4.85 Å². The second kappa shape index (κ2) is 2.77. The SMILES string of the molecule is [C-]#[N+]C1(Cc2cccc(O)c2)CC1. The maximum atomic E-state index is 9.23. The van der Waals surface area contributed by atoms with Crippen LogP contribution < -0.4 is 0 Å². The minimum absolute atomic E-state index is 0.131. The number of rotatable bonds is 2. The van der Waals surface area contributed by atoms with E-state index in [4.69, 9.17) is 6.57 Å². The molecule has 0 bridgehead atoms. The predicted octanol–water partition coefficient (Wildman–Crippen LogP) is 2.39. The van der Waals surface area contributed by atoms with Crippen LogP contribution in [0.3, 0.4) is 0 Å². The first kappa shape index (κ1) is 8.12. The van der Waals surface area contributed by atoms with Crippen molar-refractivity contribution in [2.75, 3.05) is 0 Å². The van der Waals surface area contributed by atoms with E-state index >= 15 is 0 Å². The molecule has 66 valence electrons. The Morgan fingerprint density at radius 3 is 2.77 bits per heavy atom. The van der Waals surface area contributed by atoms with Crippen LogP contribution in [0.1, 0.15) is 18.4 Å². The van der Waals surface area contributed by atoms with E-state index < -0.39 is 0 Å². The summed E-state index contributed by atoms with van der Waals surface area (Å²) in [5.74, 6) is 0.290. The number of hydrogen-bond acceptors (Lipinski definition) is 1. The number of hydrogen-bond donors (Lipinski definition) is 1. The van der Waals surface area contributed by atoms with Crippen LogP contribution in [0.25, 0.3) is 4.85 Å². The largest absolute Gasteiger partial charge is 0.508 e. The fraction of sp³-hybridized carbons (Fsp3) is 0.364. The Balaban J connectivity index is 2.15. The van der Waals surface area contributed by atoms with Gasteiger partial charge < -0.3 is 9.95 Å². The van der Waals surface area contributed by atoms with Gasteiger partial charge in [0.05, 0.1) is 6.42 Å². The van der Waals surface area contributed by atoms with Crippen LogP contribution in [-0.4, -0.2) is 10.6 Å². The molecular weight excluding hydrogens is 162 g/mol. The summed E-state index contributed by atoms with van der Waals surface area (Å²) < 4.78 is 0. The summed E-state index contributed by atoms with van der Waals surface area (Å²) in [6.45, 7) is 7.03. The summed E-state index contributed by atoms with van der Waals surface area (Å²) in [6, 6.07) is 7.18. The molecular formula is C11H11NO. The monoisotopic (exact) mass is 173 g/mol. The second-order valence-corrected chi connectivity index (χ2v) is 3.68. The van der Waals surface area contributed by atoms with Crippen LogP contribution in [-0.2, 0) is 6.42 Å². The molecule has 0 saturated heterocycles. The molecule has 13 heavy (non-hydrogen) atoms. The Hall–Kier alpha value is -1.49.